The summed E-state index contributed by atoms with van der Waals surface area (Å²) in [6.07, 6.45) is 10.2. The Morgan fingerprint density at radius 1 is 0.875 bits per heavy atom. The van der Waals surface area contributed by atoms with E-state index < -0.39 is 0 Å². The van der Waals surface area contributed by atoms with Crippen LogP contribution < -0.4 is 16.8 Å². The summed E-state index contributed by atoms with van der Waals surface area (Å²) in [5.74, 6) is 0. The molecule has 0 radical (unpaired) electrons. The van der Waals surface area contributed by atoms with Crippen LogP contribution >= 0.6 is 0 Å². The number of unbranched alkanes of at least 4 members (excludes halogenated alkanes) is 5. The average molecular weight is 221 g/mol. The summed E-state index contributed by atoms with van der Waals surface area (Å²) < 4.78 is 0.351. The monoisotopic (exact) mass is 221 g/mol. The van der Waals surface area contributed by atoms with Crippen LogP contribution in [0.2, 0.25) is 0 Å². The Morgan fingerprint density at radius 2 is 1.44 bits per heavy atom. The van der Waals surface area contributed by atoms with Crippen molar-refractivity contribution < 1.29 is 0 Å². The zero-order valence-electron chi connectivity index (χ0n) is 11.0. The molecule has 1 atom stereocenters. The SMILES string of the molecule is [Li][CH](N)CCCNCCCCCCCCN. The minimum atomic E-state index is 0.351. The molecular weight excluding hydrogens is 193 g/mol. The molecule has 92 valence electrons. The summed E-state index contributed by atoms with van der Waals surface area (Å²) in [5, 5.41) is 3.47. The fourth-order valence-electron chi connectivity index (χ4n) is 1.78. The number of nitrogens with one attached hydrogen (secondary N) is 1. The molecule has 0 amide bonds. The van der Waals surface area contributed by atoms with Crippen molar-refractivity contribution in [2.75, 3.05) is 19.6 Å². The Hall–Kier alpha value is 0.477. The van der Waals surface area contributed by atoms with Gasteiger partial charge in [0, 0.05) is 0 Å². The first kappa shape index (κ1) is 16.5. The number of rotatable bonds is 12. The van der Waals surface area contributed by atoms with Crippen molar-refractivity contribution in [3.8, 4) is 0 Å². The van der Waals surface area contributed by atoms with Gasteiger partial charge in [0.25, 0.3) is 0 Å². The molecule has 0 bridgehead atoms. The van der Waals surface area contributed by atoms with Crippen LogP contribution in [0.4, 0.5) is 0 Å². The van der Waals surface area contributed by atoms with Gasteiger partial charge in [-0.05, 0) is 6.54 Å². The Bertz CT molecular complexity index is 131. The molecule has 16 heavy (non-hydrogen) atoms. The molecule has 0 fully saturated rings. The maximum absolute atomic E-state index is 5.68. The van der Waals surface area contributed by atoms with E-state index >= 15 is 0 Å². The van der Waals surface area contributed by atoms with Crippen molar-refractivity contribution in [1.82, 2.24) is 5.32 Å². The van der Waals surface area contributed by atoms with Gasteiger partial charge in [0.15, 0.2) is 0 Å². The van der Waals surface area contributed by atoms with Crippen LogP contribution in [0.1, 0.15) is 51.4 Å². The van der Waals surface area contributed by atoms with E-state index in [-0.39, 0.29) is 0 Å². The van der Waals surface area contributed by atoms with Gasteiger partial charge in [-0.15, -0.1) is 0 Å². The van der Waals surface area contributed by atoms with E-state index in [4.69, 9.17) is 11.5 Å². The molecule has 1 unspecified atom stereocenters. The third-order valence-corrected chi connectivity index (χ3v) is 2.82. The zero-order valence-corrected chi connectivity index (χ0v) is 11.0. The summed E-state index contributed by atoms with van der Waals surface area (Å²) in [6.45, 7) is 3.13. The number of hydrogen-bond acceptors (Lipinski definition) is 3. The second-order valence-electron chi connectivity index (χ2n) is 4.78. The van der Waals surface area contributed by atoms with Crippen LogP contribution in [0.15, 0.2) is 0 Å². The molecule has 3 nitrogen and oxygen atoms in total. The number of nitrogens with two attached hydrogens (primary N) is 2. The smallest absolute Gasteiger partial charge is 0.330 e. The van der Waals surface area contributed by atoms with Gasteiger partial charge in [-0.3, -0.25) is 0 Å². The summed E-state index contributed by atoms with van der Waals surface area (Å²) in [5.41, 5.74) is 11.1. The van der Waals surface area contributed by atoms with Crippen molar-refractivity contribution in [3.05, 3.63) is 0 Å². The van der Waals surface area contributed by atoms with Crippen molar-refractivity contribution in [2.45, 2.75) is 56.1 Å². The molecule has 0 aliphatic carbocycles. The summed E-state index contributed by atoms with van der Waals surface area (Å²) in [6, 6.07) is 0. The van der Waals surface area contributed by atoms with Crippen LogP contribution in [-0.4, -0.2) is 42.1 Å². The second-order valence-corrected chi connectivity index (χ2v) is 4.78. The van der Waals surface area contributed by atoms with E-state index in [0.717, 1.165) is 26.1 Å². The minimum absolute atomic E-state index is 0.351. The fourth-order valence-corrected chi connectivity index (χ4v) is 1.78. The zero-order chi connectivity index (χ0) is 12.1. The molecule has 0 aromatic heterocycles. The first-order chi connectivity index (χ1) is 7.77. The van der Waals surface area contributed by atoms with Gasteiger partial charge < -0.3 is 5.73 Å². The molecule has 0 spiro atoms. The summed E-state index contributed by atoms with van der Waals surface area (Å²) in [7, 11) is 0. The number of hydrogen-bond donors (Lipinski definition) is 3. The van der Waals surface area contributed by atoms with Crippen LogP contribution in [0.25, 0.3) is 0 Å². The van der Waals surface area contributed by atoms with Crippen molar-refractivity contribution in [3.63, 3.8) is 0 Å². The van der Waals surface area contributed by atoms with E-state index in [1.165, 1.54) is 44.9 Å². The van der Waals surface area contributed by atoms with Gasteiger partial charge in [0.05, 0.1) is 0 Å². The van der Waals surface area contributed by atoms with Crippen LogP contribution in [0.5, 0.6) is 0 Å². The molecule has 0 rings (SSSR count). The quantitative estimate of drug-likeness (QED) is 0.342. The van der Waals surface area contributed by atoms with E-state index in [9.17, 15) is 0 Å². The summed E-state index contributed by atoms with van der Waals surface area (Å²) in [4.78, 5) is 0. The predicted octanol–water partition coefficient (Wildman–Crippen LogP) is 1.11. The molecule has 4 heteroatoms. The maximum atomic E-state index is 5.68. The van der Waals surface area contributed by atoms with Crippen molar-refractivity contribution in [1.29, 1.82) is 0 Å². The van der Waals surface area contributed by atoms with Gasteiger partial charge in [0.1, 0.15) is 0 Å². The van der Waals surface area contributed by atoms with Crippen molar-refractivity contribution >= 4 is 17.7 Å². The van der Waals surface area contributed by atoms with Crippen LogP contribution in [-0.2, 0) is 0 Å². The van der Waals surface area contributed by atoms with Crippen molar-refractivity contribution in [2.24, 2.45) is 11.5 Å². The normalized spacial score (nSPS) is 13.0. The van der Waals surface area contributed by atoms with Gasteiger partial charge >= 0.3 is 97.9 Å². The van der Waals surface area contributed by atoms with Gasteiger partial charge in [0.2, 0.25) is 0 Å². The molecule has 0 saturated heterocycles. The van der Waals surface area contributed by atoms with E-state index in [1.807, 2.05) is 0 Å². The molecule has 0 aromatic rings. The first-order valence-corrected chi connectivity index (χ1v) is 6.93. The van der Waals surface area contributed by atoms with E-state index in [0.29, 0.717) is 4.71 Å². The van der Waals surface area contributed by atoms with Crippen LogP contribution in [0, 0.1) is 0 Å². The minimum Gasteiger partial charge on any atom is -0.330 e. The Labute approximate surface area is 110 Å². The van der Waals surface area contributed by atoms with E-state index in [2.05, 4.69) is 23.0 Å². The molecule has 0 heterocycles. The third-order valence-electron chi connectivity index (χ3n) is 2.82. The molecule has 0 aromatic carbocycles. The Morgan fingerprint density at radius 3 is 2.06 bits per heavy atom. The molecule has 0 saturated carbocycles. The van der Waals surface area contributed by atoms with Gasteiger partial charge in [-0.2, -0.15) is 0 Å². The van der Waals surface area contributed by atoms with Gasteiger partial charge in [-0.1, -0.05) is 0 Å². The first-order valence-electron chi connectivity index (χ1n) is 6.93. The molecule has 0 aliphatic heterocycles. The van der Waals surface area contributed by atoms with Crippen LogP contribution in [0.3, 0.4) is 0 Å². The summed E-state index contributed by atoms with van der Waals surface area (Å²) >= 11 is 2.07. The molecule has 5 N–H and O–H groups in total. The topological polar surface area (TPSA) is 64.1 Å². The van der Waals surface area contributed by atoms with E-state index in [1.54, 1.807) is 0 Å². The third kappa shape index (κ3) is 14.5. The fraction of sp³-hybridized carbons (Fsp3) is 1.00. The average Bonchev–Trinajstić information content (AvgIpc) is 2.25. The van der Waals surface area contributed by atoms with Gasteiger partial charge in [-0.25, -0.2) is 0 Å². The second kappa shape index (κ2) is 13.5. The molecule has 0 aliphatic rings. The Balaban J connectivity index is 2.88. The predicted molar refractivity (Wildman–Crippen MR) is 72.6 cm³/mol. The molecular formula is C12H28LiN3. The standard InChI is InChI=1S/C12H28N3.Li/c13-9-5-3-1-2-4-7-11-15-12-8-6-10-14;/h10,15H,1-9,11-14H2;. The Kier molecular flexibility index (Phi) is 13.9.